The molecule has 0 aliphatic heterocycles. The van der Waals surface area contributed by atoms with E-state index in [9.17, 15) is 5.11 Å². The molecule has 2 rings (SSSR count). The van der Waals surface area contributed by atoms with E-state index in [0.29, 0.717) is 11.7 Å². The molecule has 0 bridgehead atoms. The Labute approximate surface area is 145 Å². The van der Waals surface area contributed by atoms with Crippen LogP contribution >= 0.6 is 23.1 Å². The molecule has 0 aliphatic rings. The second-order valence-corrected chi connectivity index (χ2v) is 7.62. The molecule has 0 spiro atoms. The van der Waals surface area contributed by atoms with Crippen molar-refractivity contribution in [2.45, 2.75) is 37.1 Å². The lowest BCUT2D eigenvalue weighted by molar-refractivity contribution is 0.125. The van der Waals surface area contributed by atoms with Gasteiger partial charge in [-0.25, -0.2) is 0 Å². The number of rotatable bonds is 9. The fourth-order valence-corrected chi connectivity index (χ4v) is 3.73. The summed E-state index contributed by atoms with van der Waals surface area (Å²) < 4.78 is 6.63. The van der Waals surface area contributed by atoms with Crippen LogP contribution in [0.1, 0.15) is 32.3 Å². The first-order valence-electron chi connectivity index (χ1n) is 7.70. The van der Waals surface area contributed by atoms with Crippen LogP contribution in [-0.2, 0) is 0 Å². The van der Waals surface area contributed by atoms with E-state index in [1.165, 1.54) is 23.1 Å². The number of hydrogen-bond acceptors (Lipinski definition) is 7. The largest absolute Gasteiger partial charge is 0.491 e. The Kier molecular flexibility index (Phi) is 7.14. The maximum Gasteiger partial charge on any atom is 0.206 e. The Bertz CT molecular complexity index is 605. The SMILES string of the molecule is CCNc1nnc(SC[C@@H](O)COc2ccccc2C(C)C)s1. The van der Waals surface area contributed by atoms with Crippen LogP contribution in [-0.4, -0.2) is 40.3 Å². The maximum absolute atomic E-state index is 10.1. The van der Waals surface area contributed by atoms with Gasteiger partial charge in [-0.2, -0.15) is 0 Å². The molecule has 0 amide bonds. The lowest BCUT2D eigenvalue weighted by atomic mass is 10.0. The molecule has 2 aromatic rings. The number of ether oxygens (including phenoxy) is 1. The van der Waals surface area contributed by atoms with Crippen LogP contribution in [0, 0.1) is 0 Å². The van der Waals surface area contributed by atoms with E-state index in [2.05, 4.69) is 35.4 Å². The zero-order valence-corrected chi connectivity index (χ0v) is 15.3. The number of nitrogens with one attached hydrogen (secondary N) is 1. The van der Waals surface area contributed by atoms with Gasteiger partial charge in [-0.1, -0.05) is 55.1 Å². The van der Waals surface area contributed by atoms with Gasteiger partial charge in [0.05, 0.1) is 6.10 Å². The van der Waals surface area contributed by atoms with Crippen molar-refractivity contribution >= 4 is 28.2 Å². The highest BCUT2D eigenvalue weighted by Gasteiger charge is 2.12. The molecule has 1 heterocycles. The van der Waals surface area contributed by atoms with Crippen molar-refractivity contribution in [2.75, 3.05) is 24.2 Å². The normalized spacial score (nSPS) is 12.4. The average Bonchev–Trinajstić information content (AvgIpc) is 2.99. The Balaban J connectivity index is 1.80. The quantitative estimate of drug-likeness (QED) is 0.671. The molecule has 5 nitrogen and oxygen atoms in total. The Morgan fingerprint density at radius 3 is 2.83 bits per heavy atom. The molecular formula is C16H23N3O2S2. The zero-order chi connectivity index (χ0) is 16.7. The Morgan fingerprint density at radius 1 is 1.30 bits per heavy atom. The number of aromatic nitrogens is 2. The zero-order valence-electron chi connectivity index (χ0n) is 13.7. The van der Waals surface area contributed by atoms with E-state index < -0.39 is 6.10 Å². The number of nitrogens with zero attached hydrogens (tertiary/aromatic N) is 2. The molecule has 1 aromatic carbocycles. The highest BCUT2D eigenvalue weighted by molar-refractivity contribution is 8.01. The van der Waals surface area contributed by atoms with Crippen LogP contribution < -0.4 is 10.1 Å². The Morgan fingerprint density at radius 2 is 2.09 bits per heavy atom. The number of aliphatic hydroxyl groups is 1. The van der Waals surface area contributed by atoms with Gasteiger partial charge in [0.15, 0.2) is 4.34 Å². The third-order valence-electron chi connectivity index (χ3n) is 3.11. The summed E-state index contributed by atoms with van der Waals surface area (Å²) in [5, 5.41) is 22.2. The summed E-state index contributed by atoms with van der Waals surface area (Å²) in [4.78, 5) is 0. The highest BCUT2D eigenvalue weighted by atomic mass is 32.2. The minimum Gasteiger partial charge on any atom is -0.491 e. The summed E-state index contributed by atoms with van der Waals surface area (Å²) in [5.41, 5.74) is 1.16. The minimum absolute atomic E-state index is 0.273. The first kappa shape index (κ1) is 18.0. The molecule has 7 heteroatoms. The third kappa shape index (κ3) is 5.67. The Hall–Kier alpha value is -1.31. The molecule has 126 valence electrons. The molecule has 1 atom stereocenters. The second kappa shape index (κ2) is 9.10. The fraction of sp³-hybridized carbons (Fsp3) is 0.500. The molecule has 0 fully saturated rings. The minimum atomic E-state index is -0.549. The van der Waals surface area contributed by atoms with E-state index in [-0.39, 0.29) is 6.61 Å². The van der Waals surface area contributed by atoms with Crippen molar-refractivity contribution in [3.63, 3.8) is 0 Å². The van der Waals surface area contributed by atoms with Gasteiger partial charge < -0.3 is 15.2 Å². The molecule has 23 heavy (non-hydrogen) atoms. The van der Waals surface area contributed by atoms with Gasteiger partial charge in [0.1, 0.15) is 12.4 Å². The topological polar surface area (TPSA) is 67.3 Å². The van der Waals surface area contributed by atoms with Crippen molar-refractivity contribution in [1.29, 1.82) is 0 Å². The van der Waals surface area contributed by atoms with Crippen molar-refractivity contribution in [2.24, 2.45) is 0 Å². The van der Waals surface area contributed by atoms with Gasteiger partial charge in [-0.05, 0) is 24.5 Å². The number of hydrogen-bond donors (Lipinski definition) is 2. The molecule has 0 radical (unpaired) electrons. The predicted octanol–water partition coefficient (Wildman–Crippen LogP) is 3.63. The van der Waals surface area contributed by atoms with Gasteiger partial charge in [-0.3, -0.25) is 0 Å². The summed E-state index contributed by atoms with van der Waals surface area (Å²) >= 11 is 2.99. The molecule has 2 N–H and O–H groups in total. The lowest BCUT2D eigenvalue weighted by Crippen LogP contribution is -2.20. The van der Waals surface area contributed by atoms with Crippen LogP contribution in [0.3, 0.4) is 0 Å². The molecule has 1 aromatic heterocycles. The molecule has 0 saturated carbocycles. The smallest absolute Gasteiger partial charge is 0.206 e. The predicted molar refractivity (Wildman–Crippen MR) is 96.8 cm³/mol. The summed E-state index contributed by atoms with van der Waals surface area (Å²) in [6.07, 6.45) is -0.549. The number of benzene rings is 1. The first-order chi connectivity index (χ1) is 11.1. The maximum atomic E-state index is 10.1. The standard InChI is InChI=1S/C16H23N3O2S2/c1-4-17-15-18-19-16(23-15)22-10-12(20)9-21-14-8-6-5-7-13(14)11(2)3/h5-8,11-12,20H,4,9-10H2,1-3H3,(H,17,18)/t12-/m0/s1. The van der Waals surface area contributed by atoms with E-state index in [0.717, 1.165) is 27.3 Å². The van der Waals surface area contributed by atoms with Gasteiger partial charge in [0, 0.05) is 12.3 Å². The van der Waals surface area contributed by atoms with Crippen molar-refractivity contribution in [3.05, 3.63) is 29.8 Å². The molecular weight excluding hydrogens is 330 g/mol. The summed E-state index contributed by atoms with van der Waals surface area (Å²) in [6.45, 7) is 7.38. The number of para-hydroxylation sites is 1. The van der Waals surface area contributed by atoms with Gasteiger partial charge >= 0.3 is 0 Å². The van der Waals surface area contributed by atoms with Gasteiger partial charge in [0.25, 0.3) is 0 Å². The van der Waals surface area contributed by atoms with E-state index in [4.69, 9.17) is 4.74 Å². The van der Waals surface area contributed by atoms with Crippen LogP contribution in [0.15, 0.2) is 28.6 Å². The van der Waals surface area contributed by atoms with Crippen LogP contribution in [0.4, 0.5) is 5.13 Å². The summed E-state index contributed by atoms with van der Waals surface area (Å²) in [7, 11) is 0. The van der Waals surface area contributed by atoms with Crippen molar-refractivity contribution < 1.29 is 9.84 Å². The third-order valence-corrected chi connectivity index (χ3v) is 5.27. The van der Waals surface area contributed by atoms with Crippen LogP contribution in [0.25, 0.3) is 0 Å². The van der Waals surface area contributed by atoms with Crippen molar-refractivity contribution in [3.8, 4) is 5.75 Å². The second-order valence-electron chi connectivity index (χ2n) is 5.37. The van der Waals surface area contributed by atoms with Gasteiger partial charge in [0.2, 0.25) is 5.13 Å². The van der Waals surface area contributed by atoms with E-state index >= 15 is 0 Å². The number of anilines is 1. The van der Waals surface area contributed by atoms with E-state index in [1.807, 2.05) is 25.1 Å². The molecule has 0 aliphatic carbocycles. The molecule has 0 unspecified atom stereocenters. The van der Waals surface area contributed by atoms with E-state index in [1.54, 1.807) is 0 Å². The number of aliphatic hydroxyl groups excluding tert-OH is 1. The number of thioether (sulfide) groups is 1. The fourth-order valence-electron chi connectivity index (χ4n) is 1.98. The first-order valence-corrected chi connectivity index (χ1v) is 9.50. The summed E-state index contributed by atoms with van der Waals surface area (Å²) in [6, 6.07) is 7.96. The lowest BCUT2D eigenvalue weighted by Gasteiger charge is -2.16. The van der Waals surface area contributed by atoms with Gasteiger partial charge in [-0.15, -0.1) is 10.2 Å². The summed E-state index contributed by atoms with van der Waals surface area (Å²) in [5.74, 6) is 1.77. The monoisotopic (exact) mass is 353 g/mol. The van der Waals surface area contributed by atoms with Crippen molar-refractivity contribution in [1.82, 2.24) is 10.2 Å². The average molecular weight is 354 g/mol. The van der Waals surface area contributed by atoms with Crippen LogP contribution in [0.5, 0.6) is 5.75 Å². The van der Waals surface area contributed by atoms with Crippen LogP contribution in [0.2, 0.25) is 0 Å². The highest BCUT2D eigenvalue weighted by Crippen LogP contribution is 2.27. The molecule has 0 saturated heterocycles.